The maximum absolute atomic E-state index is 11.8. The van der Waals surface area contributed by atoms with E-state index in [4.69, 9.17) is 4.74 Å². The molecule has 2 fully saturated rings. The van der Waals surface area contributed by atoms with Gasteiger partial charge in [-0.25, -0.2) is 14.8 Å². The minimum absolute atomic E-state index is 0.210. The smallest absolute Gasteiger partial charge is 0.410 e. The molecular weight excluding hydrogens is 328 g/mol. The van der Waals surface area contributed by atoms with Gasteiger partial charge in [-0.1, -0.05) is 24.3 Å². The van der Waals surface area contributed by atoms with Gasteiger partial charge in [0, 0.05) is 43.7 Å². The van der Waals surface area contributed by atoms with Crippen LogP contribution in [0.5, 0.6) is 0 Å². The SMILES string of the molecule is Cc1ccccc1-c1ncc(CN2CCC[C@]3(C2)CN(C)C(=O)O3)cn1. The number of rotatable bonds is 3. The molecule has 6 heteroatoms. The van der Waals surface area contributed by atoms with Gasteiger partial charge in [0.1, 0.15) is 5.60 Å². The van der Waals surface area contributed by atoms with Crippen LogP contribution in [0.15, 0.2) is 36.7 Å². The normalized spacial score (nSPS) is 23.5. The molecule has 1 aromatic carbocycles. The number of likely N-dealkylation sites (tertiary alicyclic amines) is 1. The van der Waals surface area contributed by atoms with Gasteiger partial charge in [0.25, 0.3) is 0 Å². The van der Waals surface area contributed by atoms with Crippen molar-refractivity contribution < 1.29 is 9.53 Å². The quantitative estimate of drug-likeness (QED) is 0.850. The standard InChI is InChI=1S/C20H24N4O2/c1-15-6-3-4-7-17(15)18-21-10-16(11-22-18)12-24-9-5-8-20(14-24)13-23(2)19(25)26-20/h3-4,6-7,10-11H,5,8-9,12-14H2,1-2H3/t20-/m1/s1. The minimum atomic E-state index is -0.355. The third-order valence-corrected chi connectivity index (χ3v) is 5.26. The molecule has 0 N–H and O–H groups in total. The molecule has 26 heavy (non-hydrogen) atoms. The third-order valence-electron chi connectivity index (χ3n) is 5.26. The number of ether oxygens (including phenoxy) is 1. The summed E-state index contributed by atoms with van der Waals surface area (Å²) in [6.45, 7) is 5.28. The minimum Gasteiger partial charge on any atom is -0.440 e. The Morgan fingerprint density at radius 1 is 1.19 bits per heavy atom. The molecule has 0 bridgehead atoms. The lowest BCUT2D eigenvalue weighted by Gasteiger charge is -2.38. The van der Waals surface area contributed by atoms with Gasteiger partial charge in [-0.2, -0.15) is 0 Å². The van der Waals surface area contributed by atoms with Crippen LogP contribution in [-0.2, 0) is 11.3 Å². The molecule has 6 nitrogen and oxygen atoms in total. The zero-order valence-electron chi connectivity index (χ0n) is 15.3. The van der Waals surface area contributed by atoms with Gasteiger partial charge in [-0.15, -0.1) is 0 Å². The lowest BCUT2D eigenvalue weighted by Crippen LogP contribution is -2.50. The van der Waals surface area contributed by atoms with E-state index in [9.17, 15) is 4.79 Å². The highest BCUT2D eigenvalue weighted by molar-refractivity contribution is 5.70. The third kappa shape index (κ3) is 3.29. The first kappa shape index (κ1) is 17.0. The van der Waals surface area contributed by atoms with Gasteiger partial charge in [0.05, 0.1) is 6.54 Å². The van der Waals surface area contributed by atoms with Crippen LogP contribution in [0, 0.1) is 6.92 Å². The Bertz CT molecular complexity index is 808. The number of hydrogen-bond acceptors (Lipinski definition) is 5. The van der Waals surface area contributed by atoms with Crippen molar-refractivity contribution in [1.29, 1.82) is 0 Å². The van der Waals surface area contributed by atoms with E-state index < -0.39 is 0 Å². The fourth-order valence-electron chi connectivity index (χ4n) is 3.99. The number of likely N-dealkylation sites (N-methyl/N-ethyl adjacent to an activating group) is 1. The molecule has 2 aliphatic heterocycles. The lowest BCUT2D eigenvalue weighted by atomic mass is 9.92. The monoisotopic (exact) mass is 352 g/mol. The molecule has 1 aromatic heterocycles. The van der Waals surface area contributed by atoms with Crippen molar-refractivity contribution in [3.8, 4) is 11.4 Å². The van der Waals surface area contributed by atoms with Gasteiger partial charge in [-0.05, 0) is 31.9 Å². The number of aromatic nitrogens is 2. The Morgan fingerprint density at radius 3 is 2.65 bits per heavy atom. The van der Waals surface area contributed by atoms with Crippen molar-refractivity contribution in [3.05, 3.63) is 47.8 Å². The van der Waals surface area contributed by atoms with Gasteiger partial charge in [0.15, 0.2) is 5.82 Å². The molecule has 0 radical (unpaired) electrons. The molecule has 1 amide bonds. The second-order valence-electron chi connectivity index (χ2n) is 7.45. The summed E-state index contributed by atoms with van der Waals surface area (Å²) in [5.41, 5.74) is 2.96. The first-order valence-corrected chi connectivity index (χ1v) is 9.08. The lowest BCUT2D eigenvalue weighted by molar-refractivity contribution is -0.0114. The summed E-state index contributed by atoms with van der Waals surface area (Å²) in [5, 5.41) is 0. The molecule has 2 aromatic rings. The number of carbonyl (C=O) groups excluding carboxylic acids is 1. The molecule has 3 heterocycles. The van der Waals surface area contributed by atoms with E-state index in [1.807, 2.05) is 30.6 Å². The van der Waals surface area contributed by atoms with Crippen LogP contribution in [0.3, 0.4) is 0 Å². The fraction of sp³-hybridized carbons (Fsp3) is 0.450. The summed E-state index contributed by atoms with van der Waals surface area (Å²) in [5.74, 6) is 0.758. The van der Waals surface area contributed by atoms with E-state index in [-0.39, 0.29) is 11.7 Å². The first-order chi connectivity index (χ1) is 12.5. The number of carbonyl (C=O) groups is 1. The summed E-state index contributed by atoms with van der Waals surface area (Å²) < 4.78 is 5.67. The second kappa shape index (κ2) is 6.68. The fourth-order valence-corrected chi connectivity index (χ4v) is 3.99. The van der Waals surface area contributed by atoms with Crippen LogP contribution in [0.25, 0.3) is 11.4 Å². The predicted octanol–water partition coefficient (Wildman–Crippen LogP) is 2.87. The van der Waals surface area contributed by atoms with Gasteiger partial charge in [0.2, 0.25) is 0 Å². The molecule has 2 saturated heterocycles. The van der Waals surface area contributed by atoms with Crippen LogP contribution in [0.2, 0.25) is 0 Å². The molecule has 2 aliphatic rings. The average Bonchev–Trinajstić information content (AvgIpc) is 2.89. The van der Waals surface area contributed by atoms with Gasteiger partial charge in [-0.3, -0.25) is 4.90 Å². The van der Waals surface area contributed by atoms with Crippen molar-refractivity contribution in [1.82, 2.24) is 19.8 Å². The Balaban J connectivity index is 1.44. The predicted molar refractivity (Wildman–Crippen MR) is 98.6 cm³/mol. The van der Waals surface area contributed by atoms with E-state index in [0.717, 1.165) is 49.4 Å². The number of nitrogens with zero attached hydrogens (tertiary/aromatic N) is 4. The number of benzene rings is 1. The molecule has 0 aliphatic carbocycles. The second-order valence-corrected chi connectivity index (χ2v) is 7.45. The van der Waals surface area contributed by atoms with Gasteiger partial charge < -0.3 is 9.64 Å². The molecule has 0 unspecified atom stereocenters. The van der Waals surface area contributed by atoms with Crippen molar-refractivity contribution >= 4 is 6.09 Å². The zero-order chi connectivity index (χ0) is 18.1. The maximum Gasteiger partial charge on any atom is 0.410 e. The Kier molecular flexibility index (Phi) is 4.36. The van der Waals surface area contributed by atoms with Crippen molar-refractivity contribution in [2.24, 2.45) is 0 Å². The summed E-state index contributed by atoms with van der Waals surface area (Å²) in [4.78, 5) is 24.9. The topological polar surface area (TPSA) is 58.6 Å². The number of amides is 1. The Morgan fingerprint density at radius 2 is 1.96 bits per heavy atom. The Labute approximate surface area is 153 Å². The summed E-state index contributed by atoms with van der Waals surface area (Å²) in [6.07, 6.45) is 5.56. The van der Waals surface area contributed by atoms with Gasteiger partial charge >= 0.3 is 6.09 Å². The van der Waals surface area contributed by atoms with Crippen molar-refractivity contribution in [3.63, 3.8) is 0 Å². The first-order valence-electron chi connectivity index (χ1n) is 9.08. The highest BCUT2D eigenvalue weighted by Gasteiger charge is 2.46. The zero-order valence-corrected chi connectivity index (χ0v) is 15.3. The number of aryl methyl sites for hydroxylation is 1. The molecule has 136 valence electrons. The average molecular weight is 352 g/mol. The van der Waals surface area contributed by atoms with E-state index in [0.29, 0.717) is 6.54 Å². The van der Waals surface area contributed by atoms with Crippen LogP contribution in [0.4, 0.5) is 4.79 Å². The molecule has 4 rings (SSSR count). The molecule has 0 saturated carbocycles. The molecular formula is C20H24N4O2. The van der Waals surface area contributed by atoms with Crippen molar-refractivity contribution in [2.75, 3.05) is 26.7 Å². The molecule has 1 atom stereocenters. The van der Waals surface area contributed by atoms with Crippen LogP contribution in [0.1, 0.15) is 24.0 Å². The highest BCUT2D eigenvalue weighted by atomic mass is 16.6. The van der Waals surface area contributed by atoms with Crippen LogP contribution >= 0.6 is 0 Å². The van der Waals surface area contributed by atoms with Crippen LogP contribution in [-0.4, -0.2) is 58.1 Å². The summed E-state index contributed by atoms with van der Waals surface area (Å²) in [7, 11) is 1.80. The Hall–Kier alpha value is -2.47. The number of piperidine rings is 1. The van der Waals surface area contributed by atoms with Crippen LogP contribution < -0.4 is 0 Å². The molecule has 1 spiro atoms. The summed E-state index contributed by atoms with van der Waals surface area (Å²) >= 11 is 0. The summed E-state index contributed by atoms with van der Waals surface area (Å²) in [6, 6.07) is 8.14. The van der Waals surface area contributed by atoms with E-state index >= 15 is 0 Å². The van der Waals surface area contributed by atoms with E-state index in [2.05, 4.69) is 27.9 Å². The van der Waals surface area contributed by atoms with E-state index in [1.54, 1.807) is 11.9 Å². The number of hydrogen-bond donors (Lipinski definition) is 0. The maximum atomic E-state index is 11.8. The van der Waals surface area contributed by atoms with Crippen molar-refractivity contribution in [2.45, 2.75) is 31.9 Å². The highest BCUT2D eigenvalue weighted by Crippen LogP contribution is 2.32. The largest absolute Gasteiger partial charge is 0.440 e. The van der Waals surface area contributed by atoms with E-state index in [1.165, 1.54) is 5.56 Å².